The molecule has 196 valence electrons. The van der Waals surface area contributed by atoms with Crippen molar-refractivity contribution in [2.45, 2.75) is 44.9 Å². The van der Waals surface area contributed by atoms with Gasteiger partial charge in [0.2, 0.25) is 11.8 Å². The van der Waals surface area contributed by atoms with Crippen LogP contribution in [0.2, 0.25) is 0 Å². The molecule has 0 atom stereocenters. The molecule has 2 aromatic carbocycles. The Balaban J connectivity index is 1.49. The predicted molar refractivity (Wildman–Crippen MR) is 142 cm³/mol. The molecule has 3 aromatic rings. The summed E-state index contributed by atoms with van der Waals surface area (Å²) in [6.45, 7) is 0.922. The molecule has 1 aliphatic carbocycles. The fraction of sp³-hybridized carbons (Fsp3) is 0.414. The quantitative estimate of drug-likeness (QED) is 0.331. The molecule has 4 rings (SSSR count). The first-order valence-corrected chi connectivity index (χ1v) is 13.0. The summed E-state index contributed by atoms with van der Waals surface area (Å²) in [6, 6.07) is 17.3. The number of amides is 2. The number of nitrogens with one attached hydrogen (secondary N) is 1. The van der Waals surface area contributed by atoms with Gasteiger partial charge in [-0.3, -0.25) is 9.59 Å². The number of anilines is 1. The van der Waals surface area contributed by atoms with Crippen molar-refractivity contribution in [3.05, 3.63) is 66.5 Å². The largest absolute Gasteiger partial charge is 0.385 e. The zero-order valence-electron chi connectivity index (χ0n) is 21.4. The van der Waals surface area contributed by atoms with Crippen LogP contribution in [0.3, 0.4) is 0 Å². The normalized spacial score (nSPS) is 13.6. The Hall–Kier alpha value is -3.52. The van der Waals surface area contributed by atoms with Gasteiger partial charge in [-0.1, -0.05) is 56.0 Å². The maximum Gasteiger partial charge on any atom is 0.245 e. The second-order valence-electron chi connectivity index (χ2n) is 9.57. The molecule has 8 heteroatoms. The number of halogens is 1. The van der Waals surface area contributed by atoms with E-state index in [1.165, 1.54) is 37.8 Å². The van der Waals surface area contributed by atoms with E-state index in [4.69, 9.17) is 4.74 Å². The first-order chi connectivity index (χ1) is 18.0. The third-order valence-corrected chi connectivity index (χ3v) is 6.82. The molecular weight excluding hydrogens is 471 g/mol. The number of hydrogen-bond donors (Lipinski definition) is 1. The number of methoxy groups -OCH3 is 1. The maximum absolute atomic E-state index is 13.5. The smallest absolute Gasteiger partial charge is 0.245 e. The summed E-state index contributed by atoms with van der Waals surface area (Å²) >= 11 is 0. The van der Waals surface area contributed by atoms with Gasteiger partial charge < -0.3 is 15.0 Å². The van der Waals surface area contributed by atoms with Gasteiger partial charge in [-0.15, -0.1) is 0 Å². The minimum Gasteiger partial charge on any atom is -0.385 e. The average molecular weight is 507 g/mol. The van der Waals surface area contributed by atoms with Crippen LogP contribution in [0.1, 0.15) is 44.9 Å². The second-order valence-corrected chi connectivity index (χ2v) is 9.57. The number of hydrogen-bond acceptors (Lipinski definition) is 4. The van der Waals surface area contributed by atoms with Crippen LogP contribution in [0.25, 0.3) is 16.9 Å². The van der Waals surface area contributed by atoms with Crippen molar-refractivity contribution in [2.24, 2.45) is 5.92 Å². The van der Waals surface area contributed by atoms with E-state index in [0.717, 1.165) is 12.0 Å². The highest BCUT2D eigenvalue weighted by Crippen LogP contribution is 2.29. The molecule has 0 spiro atoms. The summed E-state index contributed by atoms with van der Waals surface area (Å²) in [4.78, 5) is 27.8. The molecule has 1 fully saturated rings. The van der Waals surface area contributed by atoms with Crippen LogP contribution in [0.4, 0.5) is 10.2 Å². The zero-order chi connectivity index (χ0) is 26.0. The fourth-order valence-electron chi connectivity index (χ4n) is 4.83. The highest BCUT2D eigenvalue weighted by molar-refractivity contribution is 5.94. The summed E-state index contributed by atoms with van der Waals surface area (Å²) in [7, 11) is 1.62. The Kier molecular flexibility index (Phi) is 9.43. The summed E-state index contributed by atoms with van der Waals surface area (Å²) in [5.74, 6) is 0.392. The lowest BCUT2D eigenvalue weighted by molar-refractivity contribution is -0.135. The zero-order valence-corrected chi connectivity index (χ0v) is 21.4. The summed E-state index contributed by atoms with van der Waals surface area (Å²) < 4.78 is 20.3. The molecule has 0 aliphatic heterocycles. The number of rotatable bonds is 12. The molecule has 1 N–H and O–H groups in total. The number of nitrogens with zero attached hydrogens (tertiary/aromatic N) is 3. The van der Waals surface area contributed by atoms with E-state index in [2.05, 4.69) is 10.4 Å². The summed E-state index contributed by atoms with van der Waals surface area (Å²) in [6.07, 6.45) is 6.85. The third kappa shape index (κ3) is 7.49. The van der Waals surface area contributed by atoms with Crippen molar-refractivity contribution < 1.29 is 18.7 Å². The average Bonchev–Trinajstić information content (AvgIpc) is 3.58. The molecule has 1 aliphatic rings. The van der Waals surface area contributed by atoms with Crippen LogP contribution < -0.4 is 5.32 Å². The minimum atomic E-state index is -0.354. The van der Waals surface area contributed by atoms with Crippen molar-refractivity contribution in [1.82, 2.24) is 14.7 Å². The Morgan fingerprint density at radius 3 is 2.54 bits per heavy atom. The number of aromatic nitrogens is 2. The van der Waals surface area contributed by atoms with Crippen LogP contribution >= 0.6 is 0 Å². The van der Waals surface area contributed by atoms with Gasteiger partial charge in [0.25, 0.3) is 0 Å². The number of ether oxygens (including phenoxy) is 1. The Bertz CT molecular complexity index is 1160. The van der Waals surface area contributed by atoms with Crippen molar-refractivity contribution in [3.8, 4) is 16.9 Å². The molecule has 1 saturated carbocycles. The fourth-order valence-corrected chi connectivity index (χ4v) is 4.83. The van der Waals surface area contributed by atoms with Crippen LogP contribution in [-0.4, -0.2) is 53.3 Å². The Morgan fingerprint density at radius 1 is 1.11 bits per heavy atom. The molecular formula is C29H35FN4O3. The molecule has 7 nitrogen and oxygen atoms in total. The standard InChI is InChI=1S/C29H35FN4O3/c1-37-19-7-18-33(29(36)17-12-22-8-5-6-9-22)21-28(35)31-27-20-26(23-10-3-2-4-11-23)32-34(27)25-15-13-24(30)14-16-25/h2-4,10-11,13-16,20,22H,5-9,12,17-19,21H2,1H3,(H,31,35). The highest BCUT2D eigenvalue weighted by atomic mass is 19.1. The first-order valence-electron chi connectivity index (χ1n) is 13.0. The molecule has 2 amide bonds. The van der Waals surface area contributed by atoms with Crippen LogP contribution in [-0.2, 0) is 14.3 Å². The van der Waals surface area contributed by atoms with E-state index < -0.39 is 0 Å². The Morgan fingerprint density at radius 2 is 1.84 bits per heavy atom. The van der Waals surface area contributed by atoms with E-state index in [9.17, 15) is 14.0 Å². The third-order valence-electron chi connectivity index (χ3n) is 6.82. The van der Waals surface area contributed by atoms with Crippen LogP contribution in [0.15, 0.2) is 60.7 Å². The lowest BCUT2D eigenvalue weighted by atomic mass is 10.0. The first kappa shape index (κ1) is 26.5. The topological polar surface area (TPSA) is 76.5 Å². The molecule has 1 aromatic heterocycles. The molecule has 0 saturated heterocycles. The number of benzene rings is 2. The van der Waals surface area contributed by atoms with E-state index in [1.807, 2.05) is 30.3 Å². The lowest BCUT2D eigenvalue weighted by Gasteiger charge is -2.23. The van der Waals surface area contributed by atoms with Gasteiger partial charge in [0, 0.05) is 38.3 Å². The van der Waals surface area contributed by atoms with Gasteiger partial charge >= 0.3 is 0 Å². The second kappa shape index (κ2) is 13.1. The monoisotopic (exact) mass is 506 g/mol. The van der Waals surface area contributed by atoms with Gasteiger partial charge in [0.1, 0.15) is 11.6 Å². The van der Waals surface area contributed by atoms with Crippen molar-refractivity contribution >= 4 is 17.6 Å². The molecule has 0 unspecified atom stereocenters. The molecule has 37 heavy (non-hydrogen) atoms. The van der Waals surface area contributed by atoms with Gasteiger partial charge in [-0.2, -0.15) is 5.10 Å². The molecule has 1 heterocycles. The van der Waals surface area contributed by atoms with Crippen molar-refractivity contribution in [1.29, 1.82) is 0 Å². The van der Waals surface area contributed by atoms with E-state index in [0.29, 0.717) is 49.1 Å². The van der Waals surface area contributed by atoms with Gasteiger partial charge in [0.05, 0.1) is 17.9 Å². The van der Waals surface area contributed by atoms with Crippen molar-refractivity contribution in [2.75, 3.05) is 32.1 Å². The molecule has 0 radical (unpaired) electrons. The van der Waals surface area contributed by atoms with Crippen LogP contribution in [0, 0.1) is 11.7 Å². The lowest BCUT2D eigenvalue weighted by Crippen LogP contribution is -2.39. The van der Waals surface area contributed by atoms with E-state index in [1.54, 1.807) is 34.9 Å². The summed E-state index contributed by atoms with van der Waals surface area (Å²) in [5.41, 5.74) is 2.18. The van der Waals surface area contributed by atoms with E-state index in [-0.39, 0.29) is 24.2 Å². The Labute approximate surface area is 217 Å². The minimum absolute atomic E-state index is 0.00447. The van der Waals surface area contributed by atoms with Crippen LogP contribution in [0.5, 0.6) is 0 Å². The molecule has 0 bridgehead atoms. The van der Waals surface area contributed by atoms with Gasteiger partial charge in [-0.05, 0) is 43.0 Å². The highest BCUT2D eigenvalue weighted by Gasteiger charge is 2.22. The predicted octanol–water partition coefficient (Wildman–Crippen LogP) is 5.45. The summed E-state index contributed by atoms with van der Waals surface area (Å²) in [5, 5.41) is 7.59. The maximum atomic E-state index is 13.5. The number of carbonyl (C=O) groups is 2. The van der Waals surface area contributed by atoms with Crippen molar-refractivity contribution in [3.63, 3.8) is 0 Å². The SMILES string of the molecule is COCCCN(CC(=O)Nc1cc(-c2ccccc2)nn1-c1ccc(F)cc1)C(=O)CCC1CCCC1. The van der Waals surface area contributed by atoms with Gasteiger partial charge in [0.15, 0.2) is 0 Å². The van der Waals surface area contributed by atoms with Gasteiger partial charge in [-0.25, -0.2) is 9.07 Å². The van der Waals surface area contributed by atoms with E-state index >= 15 is 0 Å². The number of carbonyl (C=O) groups excluding carboxylic acids is 2.